The van der Waals surface area contributed by atoms with E-state index in [1.807, 2.05) is 35.2 Å². The molecule has 4 aromatic rings. The molecule has 2 atom stereocenters. The average Bonchev–Trinajstić information content (AvgIpc) is 3.25. The second-order valence-corrected chi connectivity index (χ2v) is 7.36. The van der Waals surface area contributed by atoms with Gasteiger partial charge in [-0.2, -0.15) is 0 Å². The first-order valence-corrected chi connectivity index (χ1v) is 9.78. The summed E-state index contributed by atoms with van der Waals surface area (Å²) in [6, 6.07) is 8.70. The van der Waals surface area contributed by atoms with Crippen LogP contribution in [0.1, 0.15) is 41.4 Å². The van der Waals surface area contributed by atoms with E-state index in [-0.39, 0.29) is 11.9 Å². The van der Waals surface area contributed by atoms with Crippen LogP contribution in [0.2, 0.25) is 0 Å². The summed E-state index contributed by atoms with van der Waals surface area (Å²) in [5.41, 5.74) is 10.9. The molecule has 5 rings (SSSR count). The molecule has 146 valence electrons. The minimum atomic E-state index is -0.412. The summed E-state index contributed by atoms with van der Waals surface area (Å²) in [6.07, 6.45) is 7.83. The lowest BCUT2D eigenvalue weighted by Crippen LogP contribution is -2.49. The third-order valence-electron chi connectivity index (χ3n) is 5.57. The zero-order valence-electron chi connectivity index (χ0n) is 15.8. The molecular formula is C21H21N7O. The van der Waals surface area contributed by atoms with Crippen molar-refractivity contribution in [1.82, 2.24) is 29.8 Å². The number of carbonyl (C=O) groups is 1. The lowest BCUT2D eigenvalue weighted by molar-refractivity contribution is 0.0572. The molecule has 0 aliphatic carbocycles. The highest BCUT2D eigenvalue weighted by Crippen LogP contribution is 2.28. The molecule has 29 heavy (non-hydrogen) atoms. The third-order valence-corrected chi connectivity index (χ3v) is 5.57. The van der Waals surface area contributed by atoms with Gasteiger partial charge in [-0.15, -0.1) is 0 Å². The van der Waals surface area contributed by atoms with E-state index in [1.54, 1.807) is 18.7 Å². The van der Waals surface area contributed by atoms with Crippen molar-refractivity contribution < 1.29 is 4.79 Å². The number of hydrogen-bond acceptors (Lipinski definition) is 6. The van der Waals surface area contributed by atoms with E-state index in [4.69, 9.17) is 5.73 Å². The minimum Gasteiger partial charge on any atom is -0.345 e. The zero-order valence-corrected chi connectivity index (χ0v) is 15.8. The Kier molecular flexibility index (Phi) is 4.40. The quantitative estimate of drug-likeness (QED) is 0.558. The molecule has 1 saturated heterocycles. The molecule has 0 saturated carbocycles. The molecule has 8 nitrogen and oxygen atoms in total. The maximum atomic E-state index is 13.3. The van der Waals surface area contributed by atoms with Gasteiger partial charge >= 0.3 is 0 Å². The van der Waals surface area contributed by atoms with E-state index in [1.165, 1.54) is 0 Å². The van der Waals surface area contributed by atoms with Crippen LogP contribution in [0.3, 0.4) is 0 Å². The molecule has 3 aromatic heterocycles. The number of fused-ring (bicyclic) bond motifs is 2. The summed E-state index contributed by atoms with van der Waals surface area (Å²) in [5, 5.41) is 0. The van der Waals surface area contributed by atoms with Crippen molar-refractivity contribution >= 4 is 28.1 Å². The number of aromatic nitrogens is 5. The Morgan fingerprint density at radius 1 is 1.17 bits per heavy atom. The number of hydrogen-bond donors (Lipinski definition) is 2. The Morgan fingerprint density at radius 3 is 3.03 bits per heavy atom. The second kappa shape index (κ2) is 7.21. The molecule has 1 aliphatic rings. The maximum absolute atomic E-state index is 13.3. The molecule has 0 radical (unpaired) electrons. The van der Waals surface area contributed by atoms with Crippen molar-refractivity contribution in [3.63, 3.8) is 0 Å². The van der Waals surface area contributed by atoms with E-state index in [9.17, 15) is 4.79 Å². The van der Waals surface area contributed by atoms with Crippen LogP contribution >= 0.6 is 0 Å². The average molecular weight is 387 g/mol. The molecule has 4 heterocycles. The number of imidazole rings is 1. The second-order valence-electron chi connectivity index (χ2n) is 7.36. The van der Waals surface area contributed by atoms with E-state index >= 15 is 0 Å². The van der Waals surface area contributed by atoms with E-state index in [2.05, 4.69) is 24.9 Å². The molecule has 1 aromatic carbocycles. The number of nitrogens with two attached hydrogens (primary N) is 1. The number of pyridine rings is 1. The lowest BCUT2D eigenvalue weighted by atomic mass is 9.93. The van der Waals surface area contributed by atoms with E-state index in [0.29, 0.717) is 29.0 Å². The normalized spacial score (nSPS) is 18.2. The van der Waals surface area contributed by atoms with Crippen molar-refractivity contribution in [3.8, 4) is 0 Å². The van der Waals surface area contributed by atoms with Crippen molar-refractivity contribution in [2.75, 3.05) is 6.54 Å². The number of nitrogens with zero attached hydrogens (tertiary/aromatic N) is 5. The maximum Gasteiger partial charge on any atom is 0.254 e. The highest BCUT2D eigenvalue weighted by Gasteiger charge is 2.33. The van der Waals surface area contributed by atoms with Crippen LogP contribution < -0.4 is 5.73 Å². The number of aromatic amines is 1. The fourth-order valence-electron chi connectivity index (χ4n) is 4.04. The number of nitrogens with one attached hydrogen (secondary N) is 1. The Balaban J connectivity index is 1.45. The van der Waals surface area contributed by atoms with Gasteiger partial charge in [0.2, 0.25) is 0 Å². The van der Waals surface area contributed by atoms with Crippen LogP contribution in [0.25, 0.3) is 22.2 Å². The van der Waals surface area contributed by atoms with Gasteiger partial charge in [0.1, 0.15) is 5.52 Å². The van der Waals surface area contributed by atoms with Crippen LogP contribution in [0.5, 0.6) is 0 Å². The number of rotatable bonds is 3. The van der Waals surface area contributed by atoms with Crippen molar-refractivity contribution in [2.45, 2.75) is 31.3 Å². The van der Waals surface area contributed by atoms with Crippen LogP contribution in [0.15, 0.2) is 49.1 Å². The Hall–Kier alpha value is -3.39. The number of likely N-dealkylation sites (tertiary alicyclic amines) is 1. The van der Waals surface area contributed by atoms with Crippen LogP contribution in [0.4, 0.5) is 0 Å². The van der Waals surface area contributed by atoms with Crippen molar-refractivity contribution in [2.24, 2.45) is 5.73 Å². The fraction of sp³-hybridized carbons (Fsp3) is 0.286. The molecule has 3 N–H and O–H groups in total. The molecule has 0 bridgehead atoms. The van der Waals surface area contributed by atoms with Crippen LogP contribution in [0, 0.1) is 0 Å². The highest BCUT2D eigenvalue weighted by atomic mass is 16.2. The third kappa shape index (κ3) is 3.21. The standard InChI is InChI=1S/C21H21N7O/c22-19(17-11-24-20-15(27-17)4-3-8-23-20)18-5-1-2-9-28(18)21(29)13-6-7-14-16(10-13)26-12-25-14/h3-4,6-8,10-12,18-19H,1-2,5,9,22H2,(H,25,26)/t18-,19?/m0/s1. The summed E-state index contributed by atoms with van der Waals surface area (Å²) in [6.45, 7) is 0.679. The SMILES string of the molecule is NC(c1cnc2ncccc2n1)[C@@H]1CCCCN1C(=O)c1ccc2[nH]cnc2c1. The van der Waals surface area contributed by atoms with Gasteiger partial charge in [0.15, 0.2) is 5.65 Å². The number of carbonyl (C=O) groups excluding carboxylic acids is 1. The Labute approximate surface area is 167 Å². The van der Waals surface area contributed by atoms with Crippen LogP contribution in [-0.2, 0) is 0 Å². The number of amides is 1. The molecule has 1 unspecified atom stereocenters. The predicted octanol–water partition coefficient (Wildman–Crippen LogP) is 2.60. The van der Waals surface area contributed by atoms with Gasteiger partial charge in [-0.05, 0) is 49.6 Å². The molecule has 1 aliphatic heterocycles. The van der Waals surface area contributed by atoms with Gasteiger partial charge in [-0.1, -0.05) is 0 Å². The van der Waals surface area contributed by atoms with Gasteiger partial charge < -0.3 is 15.6 Å². The van der Waals surface area contributed by atoms with Gasteiger partial charge in [0, 0.05) is 18.3 Å². The molecular weight excluding hydrogens is 366 g/mol. The van der Waals surface area contributed by atoms with Gasteiger partial charge in [-0.3, -0.25) is 4.79 Å². The van der Waals surface area contributed by atoms with Crippen molar-refractivity contribution in [1.29, 1.82) is 0 Å². The molecule has 0 spiro atoms. The number of piperidine rings is 1. The first-order chi connectivity index (χ1) is 14.2. The van der Waals surface area contributed by atoms with Gasteiger partial charge in [-0.25, -0.2) is 19.9 Å². The topological polar surface area (TPSA) is 114 Å². The van der Waals surface area contributed by atoms with Gasteiger partial charge in [0.25, 0.3) is 5.91 Å². The smallest absolute Gasteiger partial charge is 0.254 e. The molecule has 8 heteroatoms. The largest absolute Gasteiger partial charge is 0.345 e. The predicted molar refractivity (Wildman–Crippen MR) is 109 cm³/mol. The molecule has 1 amide bonds. The van der Waals surface area contributed by atoms with E-state index in [0.717, 1.165) is 30.3 Å². The van der Waals surface area contributed by atoms with Gasteiger partial charge in [0.05, 0.1) is 41.3 Å². The fourth-order valence-corrected chi connectivity index (χ4v) is 4.04. The minimum absolute atomic E-state index is 0.0227. The summed E-state index contributed by atoms with van der Waals surface area (Å²) in [7, 11) is 0. The number of H-pyrrole nitrogens is 1. The Morgan fingerprint density at radius 2 is 2.10 bits per heavy atom. The first kappa shape index (κ1) is 17.7. The number of benzene rings is 1. The zero-order chi connectivity index (χ0) is 19.8. The molecule has 1 fully saturated rings. The summed E-state index contributed by atoms with van der Waals surface area (Å²) >= 11 is 0. The first-order valence-electron chi connectivity index (χ1n) is 9.78. The monoisotopic (exact) mass is 387 g/mol. The van der Waals surface area contributed by atoms with Crippen LogP contribution in [-0.4, -0.2) is 48.3 Å². The highest BCUT2D eigenvalue weighted by molar-refractivity contribution is 5.97. The van der Waals surface area contributed by atoms with E-state index < -0.39 is 6.04 Å². The Bertz CT molecular complexity index is 1190. The summed E-state index contributed by atoms with van der Waals surface area (Å²) in [5.74, 6) is -0.0227. The lowest BCUT2D eigenvalue weighted by Gasteiger charge is -2.39. The summed E-state index contributed by atoms with van der Waals surface area (Å²) in [4.78, 5) is 35.8. The summed E-state index contributed by atoms with van der Waals surface area (Å²) < 4.78 is 0. The van der Waals surface area contributed by atoms with Crippen molar-refractivity contribution in [3.05, 3.63) is 60.3 Å².